The lowest BCUT2D eigenvalue weighted by Crippen LogP contribution is -2.44. The minimum Gasteiger partial charge on any atom is -0.493 e. The number of benzene rings is 2. The van der Waals surface area contributed by atoms with Crippen molar-refractivity contribution in [1.29, 1.82) is 0 Å². The monoisotopic (exact) mass is 453 g/mol. The van der Waals surface area contributed by atoms with E-state index in [-0.39, 0.29) is 11.6 Å². The highest BCUT2D eigenvalue weighted by Crippen LogP contribution is 2.33. The number of likely N-dealkylation sites (N-methyl/N-ethyl adjacent to an activating group) is 1. The van der Waals surface area contributed by atoms with Gasteiger partial charge in [-0.05, 0) is 49.5 Å². The van der Waals surface area contributed by atoms with Gasteiger partial charge in [0.15, 0.2) is 16.6 Å². The topological polar surface area (TPSA) is 93.0 Å². The van der Waals surface area contributed by atoms with E-state index in [4.69, 9.17) is 15.2 Å². The molecule has 2 heterocycles. The van der Waals surface area contributed by atoms with Crippen LogP contribution in [-0.4, -0.2) is 63.1 Å². The van der Waals surface area contributed by atoms with Gasteiger partial charge in [0, 0.05) is 43.1 Å². The summed E-state index contributed by atoms with van der Waals surface area (Å²) in [5.41, 5.74) is 8.62. The number of ether oxygens (including phenoxy) is 2. The maximum Gasteiger partial charge on any atom is 0.206 e. The molecule has 2 aromatic carbocycles. The third-order valence-electron chi connectivity index (χ3n) is 5.49. The Kier molecular flexibility index (Phi) is 6.48. The maximum atomic E-state index is 13.0. The molecule has 0 bridgehead atoms. The van der Waals surface area contributed by atoms with Crippen molar-refractivity contribution in [2.24, 2.45) is 0 Å². The quantitative estimate of drug-likeness (QED) is 0.526. The number of hydrogen-bond donors (Lipinski definition) is 2. The zero-order valence-corrected chi connectivity index (χ0v) is 19.2. The molecule has 168 valence electrons. The van der Waals surface area contributed by atoms with Gasteiger partial charge >= 0.3 is 0 Å². The number of methoxy groups -OCH3 is 2. The fourth-order valence-corrected chi connectivity index (χ4v) is 4.47. The second-order valence-corrected chi connectivity index (χ2v) is 8.59. The molecule has 0 saturated carbocycles. The van der Waals surface area contributed by atoms with Crippen LogP contribution in [0.25, 0.3) is 0 Å². The number of carbonyl (C=O) groups is 1. The van der Waals surface area contributed by atoms with Gasteiger partial charge in [0.1, 0.15) is 10.7 Å². The average molecular weight is 454 g/mol. The van der Waals surface area contributed by atoms with E-state index in [1.54, 1.807) is 25.3 Å². The Balaban J connectivity index is 1.47. The first-order valence-corrected chi connectivity index (χ1v) is 11.1. The summed E-state index contributed by atoms with van der Waals surface area (Å²) in [6.07, 6.45) is 0. The van der Waals surface area contributed by atoms with Crippen LogP contribution in [0, 0.1) is 0 Å². The number of nitrogens with zero attached hydrogens (tertiary/aromatic N) is 3. The van der Waals surface area contributed by atoms with E-state index < -0.39 is 0 Å². The summed E-state index contributed by atoms with van der Waals surface area (Å²) >= 11 is 1.23. The predicted molar refractivity (Wildman–Crippen MR) is 129 cm³/mol. The van der Waals surface area contributed by atoms with Gasteiger partial charge < -0.3 is 30.3 Å². The molecule has 32 heavy (non-hydrogen) atoms. The summed E-state index contributed by atoms with van der Waals surface area (Å²) in [6.45, 7) is 4.17. The van der Waals surface area contributed by atoms with E-state index in [1.807, 2.05) is 12.1 Å². The molecular weight excluding hydrogens is 426 g/mol. The Bertz CT molecular complexity index is 1090. The van der Waals surface area contributed by atoms with Crippen LogP contribution in [0.15, 0.2) is 42.5 Å². The first kappa shape index (κ1) is 21.9. The van der Waals surface area contributed by atoms with Crippen molar-refractivity contribution in [1.82, 2.24) is 9.88 Å². The van der Waals surface area contributed by atoms with E-state index in [1.165, 1.54) is 24.1 Å². The Morgan fingerprint density at radius 2 is 1.72 bits per heavy atom. The normalized spacial score (nSPS) is 14.3. The van der Waals surface area contributed by atoms with Crippen molar-refractivity contribution in [2.75, 3.05) is 63.4 Å². The van der Waals surface area contributed by atoms with E-state index in [2.05, 4.69) is 39.3 Å². The molecule has 1 fully saturated rings. The molecule has 9 heteroatoms. The standard InChI is InChI=1S/C23H27N5O3S/c1-27-10-12-28(13-11-27)17-7-5-16(6-8-17)25-23-26-22(24)21(32-23)20(29)15-4-9-18(30-2)19(14-15)31-3/h4-9,14H,10-13,24H2,1-3H3,(H,25,26). The lowest BCUT2D eigenvalue weighted by molar-refractivity contribution is 0.104. The van der Waals surface area contributed by atoms with Crippen LogP contribution in [0.3, 0.4) is 0 Å². The SMILES string of the molecule is COc1ccc(C(=O)c2sc(Nc3ccc(N4CCN(C)CC4)cc3)nc2N)cc1OC. The van der Waals surface area contributed by atoms with Gasteiger partial charge in [0.2, 0.25) is 5.78 Å². The first-order valence-electron chi connectivity index (χ1n) is 10.3. The number of nitrogens with one attached hydrogen (secondary N) is 1. The number of anilines is 4. The summed E-state index contributed by atoms with van der Waals surface area (Å²) in [5.74, 6) is 1.04. The van der Waals surface area contributed by atoms with E-state index in [9.17, 15) is 4.79 Å². The van der Waals surface area contributed by atoms with Gasteiger partial charge in [-0.3, -0.25) is 4.79 Å². The first-order chi connectivity index (χ1) is 15.5. The summed E-state index contributed by atoms with van der Waals surface area (Å²) in [4.78, 5) is 22.4. The molecule has 1 saturated heterocycles. The van der Waals surface area contributed by atoms with Crippen LogP contribution in [0.4, 0.5) is 22.3 Å². The Morgan fingerprint density at radius 1 is 1.03 bits per heavy atom. The molecule has 4 rings (SSSR count). The van der Waals surface area contributed by atoms with Gasteiger partial charge in [-0.25, -0.2) is 4.98 Å². The third kappa shape index (κ3) is 4.63. The second kappa shape index (κ2) is 9.46. The van der Waals surface area contributed by atoms with Crippen LogP contribution in [0.1, 0.15) is 15.2 Å². The van der Waals surface area contributed by atoms with Crippen LogP contribution in [0.5, 0.6) is 11.5 Å². The van der Waals surface area contributed by atoms with Gasteiger partial charge in [0.25, 0.3) is 0 Å². The lowest BCUT2D eigenvalue weighted by atomic mass is 10.1. The zero-order chi connectivity index (χ0) is 22.7. The van der Waals surface area contributed by atoms with Gasteiger partial charge in [0.05, 0.1) is 14.2 Å². The minimum absolute atomic E-state index is 0.200. The summed E-state index contributed by atoms with van der Waals surface area (Å²) < 4.78 is 10.5. The molecule has 1 aliphatic rings. The maximum absolute atomic E-state index is 13.0. The van der Waals surface area contributed by atoms with Crippen molar-refractivity contribution in [3.05, 3.63) is 52.9 Å². The van der Waals surface area contributed by atoms with Crippen LogP contribution in [-0.2, 0) is 0 Å². The summed E-state index contributed by atoms with van der Waals surface area (Å²) in [7, 11) is 5.23. The molecule has 0 aliphatic carbocycles. The number of nitrogens with two attached hydrogens (primary N) is 1. The van der Waals surface area contributed by atoms with Gasteiger partial charge in [-0.1, -0.05) is 11.3 Å². The molecule has 1 aliphatic heterocycles. The molecule has 3 N–H and O–H groups in total. The van der Waals surface area contributed by atoms with Gasteiger partial charge in [-0.15, -0.1) is 0 Å². The number of thiazole rings is 1. The molecular formula is C23H27N5O3S. The molecule has 0 atom stereocenters. The van der Waals surface area contributed by atoms with Crippen molar-refractivity contribution in [3.63, 3.8) is 0 Å². The number of carbonyl (C=O) groups excluding carboxylic acids is 1. The number of aromatic nitrogens is 1. The minimum atomic E-state index is -0.209. The molecule has 0 unspecified atom stereocenters. The highest BCUT2D eigenvalue weighted by molar-refractivity contribution is 7.18. The fourth-order valence-electron chi connectivity index (χ4n) is 3.60. The molecule has 0 spiro atoms. The Morgan fingerprint density at radius 3 is 2.38 bits per heavy atom. The molecule has 3 aromatic rings. The van der Waals surface area contributed by atoms with Gasteiger partial charge in [-0.2, -0.15) is 0 Å². The zero-order valence-electron chi connectivity index (χ0n) is 18.4. The summed E-state index contributed by atoms with van der Waals surface area (Å²) in [6, 6.07) is 13.3. The van der Waals surface area contributed by atoms with Crippen LogP contribution in [0.2, 0.25) is 0 Å². The van der Waals surface area contributed by atoms with E-state index >= 15 is 0 Å². The van der Waals surface area contributed by atoms with E-state index in [0.717, 1.165) is 31.9 Å². The number of ketones is 1. The van der Waals surface area contributed by atoms with Crippen LogP contribution >= 0.6 is 11.3 Å². The highest BCUT2D eigenvalue weighted by Gasteiger charge is 2.20. The predicted octanol–water partition coefficient (Wildman–Crippen LogP) is 3.47. The number of nitrogen functional groups attached to an aromatic ring is 1. The van der Waals surface area contributed by atoms with Crippen molar-refractivity contribution in [2.45, 2.75) is 0 Å². The highest BCUT2D eigenvalue weighted by atomic mass is 32.1. The smallest absolute Gasteiger partial charge is 0.206 e. The van der Waals surface area contributed by atoms with Crippen molar-refractivity contribution >= 4 is 39.4 Å². The Labute approximate surface area is 191 Å². The average Bonchev–Trinajstić information content (AvgIpc) is 3.19. The molecule has 0 radical (unpaired) electrons. The van der Waals surface area contributed by atoms with Crippen molar-refractivity contribution < 1.29 is 14.3 Å². The molecule has 8 nitrogen and oxygen atoms in total. The largest absolute Gasteiger partial charge is 0.493 e. The van der Waals surface area contributed by atoms with Crippen LogP contribution < -0.4 is 25.4 Å². The number of rotatable bonds is 7. The van der Waals surface area contributed by atoms with Crippen molar-refractivity contribution in [3.8, 4) is 11.5 Å². The second-order valence-electron chi connectivity index (χ2n) is 7.59. The molecule has 1 aromatic heterocycles. The van der Waals surface area contributed by atoms with E-state index in [0.29, 0.717) is 27.1 Å². The Hall–Kier alpha value is -3.30. The lowest BCUT2D eigenvalue weighted by Gasteiger charge is -2.34. The third-order valence-corrected chi connectivity index (χ3v) is 6.48. The summed E-state index contributed by atoms with van der Waals surface area (Å²) in [5, 5.41) is 3.82. The fraction of sp³-hybridized carbons (Fsp3) is 0.304. The molecule has 0 amide bonds. The number of piperazine rings is 1. The number of hydrogen-bond acceptors (Lipinski definition) is 9.